The summed E-state index contributed by atoms with van der Waals surface area (Å²) in [6.07, 6.45) is 1.74. The molecule has 1 fully saturated rings. The summed E-state index contributed by atoms with van der Waals surface area (Å²) in [6, 6.07) is 3.56. The Morgan fingerprint density at radius 2 is 2.38 bits per heavy atom. The van der Waals surface area contributed by atoms with Gasteiger partial charge in [-0.25, -0.2) is 4.98 Å². The summed E-state index contributed by atoms with van der Waals surface area (Å²) in [4.78, 5) is 26.5. The first-order chi connectivity index (χ1) is 7.65. The van der Waals surface area contributed by atoms with E-state index in [0.717, 1.165) is 5.56 Å². The molecule has 2 heterocycles. The largest absolute Gasteiger partial charge is 0.452 e. The maximum absolute atomic E-state index is 11.6. The first kappa shape index (κ1) is 10.6. The highest BCUT2D eigenvalue weighted by Crippen LogP contribution is 2.15. The zero-order valence-electron chi connectivity index (χ0n) is 8.90. The zero-order valence-corrected chi connectivity index (χ0v) is 8.90. The highest BCUT2D eigenvalue weighted by atomic mass is 16.6. The Kier molecular flexibility index (Phi) is 2.85. The van der Waals surface area contributed by atoms with Crippen molar-refractivity contribution < 1.29 is 14.3 Å². The number of aryl methyl sites for hydroxylation is 1. The van der Waals surface area contributed by atoms with E-state index in [1.54, 1.807) is 12.3 Å². The number of cyclic esters (lactones) is 1. The van der Waals surface area contributed by atoms with Gasteiger partial charge in [0.25, 0.3) is 5.91 Å². The second kappa shape index (κ2) is 4.30. The molecule has 1 aliphatic heterocycles. The van der Waals surface area contributed by atoms with Gasteiger partial charge in [-0.1, -0.05) is 6.07 Å². The average Bonchev–Trinajstić information content (AvgIpc) is 2.68. The minimum Gasteiger partial charge on any atom is -0.452 e. The predicted octanol–water partition coefficient (Wildman–Crippen LogP) is 1.03. The molecule has 0 radical (unpaired) electrons. The number of hydrogen-bond donors (Lipinski definition) is 1. The van der Waals surface area contributed by atoms with Crippen molar-refractivity contribution in [3.8, 4) is 0 Å². The number of nitrogens with one attached hydrogen (secondary N) is 1. The number of aromatic nitrogens is 1. The van der Waals surface area contributed by atoms with Gasteiger partial charge in [-0.05, 0) is 18.6 Å². The van der Waals surface area contributed by atoms with E-state index in [0.29, 0.717) is 18.7 Å². The molecular formula is C11H12N2O3. The van der Waals surface area contributed by atoms with Gasteiger partial charge >= 0.3 is 5.97 Å². The normalized spacial score (nSPS) is 19.3. The number of carbonyl (C=O) groups excluding carboxylic acids is 2. The summed E-state index contributed by atoms with van der Waals surface area (Å²) in [5.74, 6) is -0.169. The summed E-state index contributed by atoms with van der Waals surface area (Å²) < 4.78 is 4.84. The molecule has 0 aliphatic carbocycles. The zero-order chi connectivity index (χ0) is 11.5. The van der Waals surface area contributed by atoms with Crippen molar-refractivity contribution in [2.24, 2.45) is 0 Å². The van der Waals surface area contributed by atoms with Crippen LogP contribution < -0.4 is 5.32 Å². The minimum atomic E-state index is -0.671. The molecule has 1 unspecified atom stereocenters. The maximum atomic E-state index is 11.6. The van der Waals surface area contributed by atoms with Crippen molar-refractivity contribution in [2.45, 2.75) is 25.9 Å². The van der Waals surface area contributed by atoms with Gasteiger partial charge in [0.05, 0.1) is 0 Å². The van der Waals surface area contributed by atoms with Crippen molar-refractivity contribution >= 4 is 17.7 Å². The van der Waals surface area contributed by atoms with E-state index in [4.69, 9.17) is 4.74 Å². The van der Waals surface area contributed by atoms with Crippen molar-refractivity contribution in [1.82, 2.24) is 4.98 Å². The minimum absolute atomic E-state index is 0.305. The smallest absolute Gasteiger partial charge is 0.306 e. The third-order valence-corrected chi connectivity index (χ3v) is 2.34. The van der Waals surface area contributed by atoms with Crippen LogP contribution >= 0.6 is 0 Å². The number of esters is 1. The lowest BCUT2D eigenvalue weighted by Crippen LogP contribution is -2.27. The van der Waals surface area contributed by atoms with E-state index >= 15 is 0 Å². The molecule has 1 atom stereocenters. The molecule has 16 heavy (non-hydrogen) atoms. The van der Waals surface area contributed by atoms with Crippen LogP contribution in [-0.4, -0.2) is 23.0 Å². The molecule has 1 saturated heterocycles. The third-order valence-electron chi connectivity index (χ3n) is 2.34. The van der Waals surface area contributed by atoms with Crippen molar-refractivity contribution in [3.05, 3.63) is 23.9 Å². The number of amides is 1. The summed E-state index contributed by atoms with van der Waals surface area (Å²) in [7, 11) is 0. The fourth-order valence-electron chi connectivity index (χ4n) is 1.46. The van der Waals surface area contributed by atoms with Gasteiger partial charge in [-0.2, -0.15) is 0 Å². The summed E-state index contributed by atoms with van der Waals surface area (Å²) in [5, 5.41) is 2.60. The molecule has 1 aliphatic rings. The molecule has 84 valence electrons. The van der Waals surface area contributed by atoms with E-state index in [9.17, 15) is 9.59 Å². The number of nitrogens with zero attached hydrogens (tertiary/aromatic N) is 1. The second-order valence-electron chi connectivity index (χ2n) is 3.73. The molecule has 1 aromatic rings. The fraction of sp³-hybridized carbons (Fsp3) is 0.364. The van der Waals surface area contributed by atoms with E-state index in [2.05, 4.69) is 10.3 Å². The molecule has 1 amide bonds. The van der Waals surface area contributed by atoms with Gasteiger partial charge in [0.1, 0.15) is 5.82 Å². The number of ether oxygens (including phenoxy) is 1. The average molecular weight is 220 g/mol. The molecule has 5 heteroatoms. The number of anilines is 1. The van der Waals surface area contributed by atoms with Crippen LogP contribution in [0.3, 0.4) is 0 Å². The molecule has 0 aromatic carbocycles. The standard InChI is InChI=1S/C11H12N2O3/c1-7-2-4-9(12-6-7)13-11(15)8-3-5-10(14)16-8/h2,4,6,8H,3,5H2,1H3,(H,12,13,15). The molecule has 5 nitrogen and oxygen atoms in total. The third kappa shape index (κ3) is 2.36. The summed E-state index contributed by atoms with van der Waals surface area (Å²) >= 11 is 0. The van der Waals surface area contributed by atoms with Crippen molar-refractivity contribution in [1.29, 1.82) is 0 Å². The Morgan fingerprint density at radius 1 is 1.56 bits per heavy atom. The number of rotatable bonds is 2. The van der Waals surface area contributed by atoms with Gasteiger partial charge in [-0.3, -0.25) is 9.59 Å². The van der Waals surface area contributed by atoms with Crippen molar-refractivity contribution in [2.75, 3.05) is 5.32 Å². The maximum Gasteiger partial charge on any atom is 0.306 e. The van der Waals surface area contributed by atoms with Crippen molar-refractivity contribution in [3.63, 3.8) is 0 Å². The number of carbonyl (C=O) groups is 2. The predicted molar refractivity (Wildman–Crippen MR) is 56.7 cm³/mol. The monoisotopic (exact) mass is 220 g/mol. The van der Waals surface area contributed by atoms with Crippen LogP contribution in [0.5, 0.6) is 0 Å². The van der Waals surface area contributed by atoms with Crippen LogP contribution in [0.2, 0.25) is 0 Å². The van der Waals surface area contributed by atoms with Gasteiger partial charge in [0.2, 0.25) is 0 Å². The topological polar surface area (TPSA) is 68.3 Å². The van der Waals surface area contributed by atoms with Crippen LogP contribution in [0.4, 0.5) is 5.82 Å². The van der Waals surface area contributed by atoms with Crippen LogP contribution in [0.15, 0.2) is 18.3 Å². The molecule has 2 rings (SSSR count). The van der Waals surface area contributed by atoms with E-state index in [1.165, 1.54) is 0 Å². The Hall–Kier alpha value is -1.91. The lowest BCUT2D eigenvalue weighted by molar-refractivity contribution is -0.146. The molecule has 1 N–H and O–H groups in total. The number of hydrogen-bond acceptors (Lipinski definition) is 4. The Bertz CT molecular complexity index is 414. The highest BCUT2D eigenvalue weighted by Gasteiger charge is 2.29. The molecule has 1 aromatic heterocycles. The van der Waals surface area contributed by atoms with E-state index < -0.39 is 6.10 Å². The van der Waals surface area contributed by atoms with Crippen LogP contribution in [0.1, 0.15) is 18.4 Å². The second-order valence-corrected chi connectivity index (χ2v) is 3.73. The van der Waals surface area contributed by atoms with Gasteiger partial charge in [0, 0.05) is 19.0 Å². The Labute approximate surface area is 92.8 Å². The van der Waals surface area contributed by atoms with Gasteiger partial charge < -0.3 is 10.1 Å². The van der Waals surface area contributed by atoms with E-state index in [-0.39, 0.29) is 11.9 Å². The summed E-state index contributed by atoms with van der Waals surface area (Å²) in [5.41, 5.74) is 1.02. The van der Waals surface area contributed by atoms with Crippen LogP contribution in [0.25, 0.3) is 0 Å². The quantitative estimate of drug-likeness (QED) is 0.756. The number of pyridine rings is 1. The highest BCUT2D eigenvalue weighted by molar-refractivity contribution is 5.95. The van der Waals surface area contributed by atoms with Gasteiger partial charge in [-0.15, -0.1) is 0 Å². The Morgan fingerprint density at radius 3 is 2.94 bits per heavy atom. The van der Waals surface area contributed by atoms with Crippen LogP contribution in [0, 0.1) is 6.92 Å². The SMILES string of the molecule is Cc1ccc(NC(=O)C2CCC(=O)O2)nc1. The molecule has 0 bridgehead atoms. The first-order valence-corrected chi connectivity index (χ1v) is 5.08. The summed E-state index contributed by atoms with van der Waals surface area (Å²) in [6.45, 7) is 1.91. The molecular weight excluding hydrogens is 208 g/mol. The molecule has 0 spiro atoms. The van der Waals surface area contributed by atoms with Crippen LogP contribution in [-0.2, 0) is 14.3 Å². The van der Waals surface area contributed by atoms with E-state index in [1.807, 2.05) is 13.0 Å². The Balaban J connectivity index is 1.97. The molecule has 0 saturated carbocycles. The first-order valence-electron chi connectivity index (χ1n) is 5.08. The fourth-order valence-corrected chi connectivity index (χ4v) is 1.46. The lowest BCUT2D eigenvalue weighted by Gasteiger charge is -2.09. The van der Waals surface area contributed by atoms with Gasteiger partial charge in [0.15, 0.2) is 6.10 Å². The lowest BCUT2D eigenvalue weighted by atomic mass is 10.2.